The standard InChI is InChI=1S/C17H21N5O2/c1-21(2)15-5-3-13(4-6-15)16(23)20-14-11-18-17(19-12-14)22-7-9-24-10-8-22/h3-6,11-12H,7-10H2,1-2H3,(H,20,23). The van der Waals surface area contributed by atoms with Gasteiger partial charge in [-0.3, -0.25) is 4.79 Å². The summed E-state index contributed by atoms with van der Waals surface area (Å²) in [5.41, 5.74) is 2.22. The summed E-state index contributed by atoms with van der Waals surface area (Å²) in [7, 11) is 3.92. The van der Waals surface area contributed by atoms with Crippen LogP contribution < -0.4 is 15.1 Å². The first-order valence-corrected chi connectivity index (χ1v) is 7.87. The van der Waals surface area contributed by atoms with Crippen molar-refractivity contribution in [1.82, 2.24) is 9.97 Å². The van der Waals surface area contributed by atoms with E-state index in [4.69, 9.17) is 4.74 Å². The van der Waals surface area contributed by atoms with Crippen molar-refractivity contribution in [2.45, 2.75) is 0 Å². The maximum absolute atomic E-state index is 12.3. The van der Waals surface area contributed by atoms with E-state index >= 15 is 0 Å². The lowest BCUT2D eigenvalue weighted by atomic mass is 10.2. The molecule has 1 N–H and O–H groups in total. The van der Waals surface area contributed by atoms with E-state index in [0.29, 0.717) is 30.4 Å². The molecule has 1 aromatic carbocycles. The molecule has 0 radical (unpaired) electrons. The zero-order valence-corrected chi connectivity index (χ0v) is 13.9. The molecule has 1 saturated heterocycles. The van der Waals surface area contributed by atoms with Gasteiger partial charge in [0.2, 0.25) is 5.95 Å². The van der Waals surface area contributed by atoms with Crippen molar-refractivity contribution in [2.75, 3.05) is 55.5 Å². The van der Waals surface area contributed by atoms with Crippen LogP contribution in [0.15, 0.2) is 36.7 Å². The molecule has 0 bridgehead atoms. The molecule has 7 heteroatoms. The number of carbonyl (C=O) groups is 1. The van der Waals surface area contributed by atoms with Gasteiger partial charge in [-0.25, -0.2) is 9.97 Å². The predicted molar refractivity (Wildman–Crippen MR) is 93.8 cm³/mol. The first-order chi connectivity index (χ1) is 11.6. The Morgan fingerprint density at radius 1 is 1.12 bits per heavy atom. The molecule has 0 aliphatic carbocycles. The Bertz CT molecular complexity index is 679. The number of morpholine rings is 1. The zero-order chi connectivity index (χ0) is 16.9. The van der Waals surface area contributed by atoms with Crippen LogP contribution in [-0.4, -0.2) is 56.3 Å². The van der Waals surface area contributed by atoms with Gasteiger partial charge in [0, 0.05) is 38.4 Å². The number of nitrogens with one attached hydrogen (secondary N) is 1. The third-order valence-electron chi connectivity index (χ3n) is 3.84. The van der Waals surface area contributed by atoms with Crippen LogP contribution in [0.2, 0.25) is 0 Å². The second kappa shape index (κ2) is 7.27. The van der Waals surface area contributed by atoms with Crippen LogP contribution >= 0.6 is 0 Å². The van der Waals surface area contributed by atoms with Gasteiger partial charge in [0.05, 0.1) is 31.3 Å². The Morgan fingerprint density at radius 3 is 2.33 bits per heavy atom. The molecule has 0 atom stereocenters. The van der Waals surface area contributed by atoms with Gasteiger partial charge >= 0.3 is 0 Å². The highest BCUT2D eigenvalue weighted by atomic mass is 16.5. The lowest BCUT2D eigenvalue weighted by molar-refractivity contribution is 0.102. The first-order valence-electron chi connectivity index (χ1n) is 7.87. The Labute approximate surface area is 141 Å². The fraction of sp³-hybridized carbons (Fsp3) is 0.353. The van der Waals surface area contributed by atoms with Gasteiger partial charge < -0.3 is 19.9 Å². The minimum Gasteiger partial charge on any atom is -0.378 e. The van der Waals surface area contributed by atoms with Crippen LogP contribution in [-0.2, 0) is 4.74 Å². The van der Waals surface area contributed by atoms with Crippen LogP contribution in [0, 0.1) is 0 Å². The van der Waals surface area contributed by atoms with Gasteiger partial charge in [0.1, 0.15) is 0 Å². The number of anilines is 3. The number of hydrogen-bond donors (Lipinski definition) is 1. The average Bonchev–Trinajstić information content (AvgIpc) is 2.63. The highest BCUT2D eigenvalue weighted by molar-refractivity contribution is 6.04. The van der Waals surface area contributed by atoms with Crippen LogP contribution in [0.1, 0.15) is 10.4 Å². The fourth-order valence-electron chi connectivity index (χ4n) is 2.43. The Kier molecular flexibility index (Phi) is 4.90. The maximum atomic E-state index is 12.3. The van der Waals surface area contributed by atoms with Crippen molar-refractivity contribution in [2.24, 2.45) is 0 Å². The van der Waals surface area contributed by atoms with E-state index in [1.165, 1.54) is 0 Å². The molecular formula is C17H21N5O2. The smallest absolute Gasteiger partial charge is 0.255 e. The molecule has 2 aromatic rings. The van der Waals surface area contributed by atoms with Crippen LogP contribution in [0.3, 0.4) is 0 Å². The summed E-state index contributed by atoms with van der Waals surface area (Å²) in [5, 5.41) is 2.82. The summed E-state index contributed by atoms with van der Waals surface area (Å²) in [6.07, 6.45) is 3.26. The molecule has 0 saturated carbocycles. The van der Waals surface area contributed by atoms with E-state index in [9.17, 15) is 4.79 Å². The van der Waals surface area contributed by atoms with Crippen molar-refractivity contribution in [3.63, 3.8) is 0 Å². The van der Waals surface area contributed by atoms with Gasteiger partial charge in [-0.15, -0.1) is 0 Å². The number of rotatable bonds is 4. The number of aromatic nitrogens is 2. The van der Waals surface area contributed by atoms with Crippen LogP contribution in [0.4, 0.5) is 17.3 Å². The summed E-state index contributed by atoms with van der Waals surface area (Å²) >= 11 is 0. The first kappa shape index (κ1) is 16.2. The molecule has 2 heterocycles. The highest BCUT2D eigenvalue weighted by Gasteiger charge is 2.14. The third kappa shape index (κ3) is 3.80. The topological polar surface area (TPSA) is 70.6 Å². The van der Waals surface area contributed by atoms with Crippen molar-refractivity contribution < 1.29 is 9.53 Å². The Morgan fingerprint density at radius 2 is 1.75 bits per heavy atom. The SMILES string of the molecule is CN(C)c1ccc(C(=O)Nc2cnc(N3CCOCC3)nc2)cc1. The molecule has 3 rings (SSSR count). The monoisotopic (exact) mass is 327 g/mol. The van der Waals surface area contributed by atoms with Crippen molar-refractivity contribution in [3.8, 4) is 0 Å². The molecule has 1 aliphatic heterocycles. The van der Waals surface area contributed by atoms with Gasteiger partial charge in [-0.05, 0) is 24.3 Å². The van der Waals surface area contributed by atoms with Gasteiger partial charge in [0.25, 0.3) is 5.91 Å². The summed E-state index contributed by atoms with van der Waals surface area (Å²) in [6.45, 7) is 2.93. The predicted octanol–water partition coefficient (Wildman–Crippen LogP) is 1.63. The summed E-state index contributed by atoms with van der Waals surface area (Å²) in [5.74, 6) is 0.481. The van der Waals surface area contributed by atoms with Gasteiger partial charge in [-0.1, -0.05) is 0 Å². The number of nitrogens with zero attached hydrogens (tertiary/aromatic N) is 4. The van der Waals surface area contributed by atoms with Crippen LogP contribution in [0.25, 0.3) is 0 Å². The third-order valence-corrected chi connectivity index (χ3v) is 3.84. The fourth-order valence-corrected chi connectivity index (χ4v) is 2.43. The second-order valence-electron chi connectivity index (χ2n) is 5.77. The van der Waals surface area contributed by atoms with E-state index in [2.05, 4.69) is 20.2 Å². The lowest BCUT2D eigenvalue weighted by Gasteiger charge is -2.26. The second-order valence-corrected chi connectivity index (χ2v) is 5.77. The van der Waals surface area contributed by atoms with Gasteiger partial charge in [-0.2, -0.15) is 0 Å². The molecule has 126 valence electrons. The minimum atomic E-state index is -0.178. The van der Waals surface area contributed by atoms with Crippen molar-refractivity contribution in [1.29, 1.82) is 0 Å². The Balaban J connectivity index is 1.63. The molecule has 0 unspecified atom stereocenters. The normalized spacial score (nSPS) is 14.3. The lowest BCUT2D eigenvalue weighted by Crippen LogP contribution is -2.37. The molecule has 24 heavy (non-hydrogen) atoms. The van der Waals surface area contributed by atoms with Crippen LogP contribution in [0.5, 0.6) is 0 Å². The van der Waals surface area contributed by atoms with E-state index in [1.807, 2.05) is 31.1 Å². The van der Waals surface area contributed by atoms with E-state index in [1.54, 1.807) is 24.5 Å². The van der Waals surface area contributed by atoms with Crippen molar-refractivity contribution >= 4 is 23.2 Å². The molecule has 0 spiro atoms. The molecule has 1 aliphatic rings. The molecule has 1 fully saturated rings. The van der Waals surface area contributed by atoms with Gasteiger partial charge in [0.15, 0.2) is 0 Å². The number of hydrogen-bond acceptors (Lipinski definition) is 6. The number of benzene rings is 1. The maximum Gasteiger partial charge on any atom is 0.255 e. The summed E-state index contributed by atoms with van der Waals surface area (Å²) in [6, 6.07) is 7.42. The molecule has 7 nitrogen and oxygen atoms in total. The molecule has 1 amide bonds. The highest BCUT2D eigenvalue weighted by Crippen LogP contribution is 2.15. The number of ether oxygens (including phenoxy) is 1. The summed E-state index contributed by atoms with van der Waals surface area (Å²) in [4.78, 5) is 25.0. The zero-order valence-electron chi connectivity index (χ0n) is 13.9. The molecule has 1 aromatic heterocycles. The largest absolute Gasteiger partial charge is 0.378 e. The molecular weight excluding hydrogens is 306 g/mol. The number of amides is 1. The summed E-state index contributed by atoms with van der Waals surface area (Å²) < 4.78 is 5.31. The van der Waals surface area contributed by atoms with Crippen molar-refractivity contribution in [3.05, 3.63) is 42.2 Å². The van der Waals surface area contributed by atoms with E-state index < -0.39 is 0 Å². The number of carbonyl (C=O) groups excluding carboxylic acids is 1. The van der Waals surface area contributed by atoms with E-state index in [0.717, 1.165) is 18.8 Å². The minimum absolute atomic E-state index is 0.178. The van der Waals surface area contributed by atoms with E-state index in [-0.39, 0.29) is 5.91 Å². The average molecular weight is 327 g/mol. The Hall–Kier alpha value is -2.67. The quantitative estimate of drug-likeness (QED) is 0.920.